The van der Waals surface area contributed by atoms with Gasteiger partial charge in [0, 0.05) is 18.4 Å². The van der Waals surface area contributed by atoms with Gasteiger partial charge in [-0.3, -0.25) is 0 Å². The largest absolute Gasteiger partial charge is 0.330 e. The molecular weight excluding hydrogens is 359 g/mol. The number of halogens is 2. The zero-order chi connectivity index (χ0) is 18.0. The number of nitrogens with zero attached hydrogens (tertiary/aromatic N) is 5. The second-order valence-electron chi connectivity index (χ2n) is 6.22. The van der Waals surface area contributed by atoms with Crippen molar-refractivity contribution in [2.75, 3.05) is 7.05 Å². The molecule has 0 aliphatic rings. The molecule has 0 spiro atoms. The number of rotatable bonds is 6. The number of para-hydroxylation sites is 1. The van der Waals surface area contributed by atoms with Crippen molar-refractivity contribution in [1.82, 2.24) is 30.2 Å². The van der Waals surface area contributed by atoms with E-state index in [2.05, 4.69) is 25.5 Å². The van der Waals surface area contributed by atoms with Gasteiger partial charge in [0.1, 0.15) is 17.3 Å². The lowest BCUT2D eigenvalue weighted by Gasteiger charge is -2.08. The molecule has 1 unspecified atom stereocenters. The SMILES string of the molecule is CNC(C)Cc1noc(-c2nc(C(C)C)n(-c3ccccc3F)n2)n1.Cl. The van der Waals surface area contributed by atoms with E-state index in [1.165, 1.54) is 10.7 Å². The number of nitrogens with one attached hydrogen (secondary N) is 1. The maximum absolute atomic E-state index is 14.2. The average Bonchev–Trinajstić information content (AvgIpc) is 3.22. The second kappa shape index (κ2) is 8.37. The molecule has 2 aromatic heterocycles. The van der Waals surface area contributed by atoms with E-state index in [0.29, 0.717) is 29.6 Å². The molecule has 7 nitrogen and oxygen atoms in total. The van der Waals surface area contributed by atoms with Gasteiger partial charge in [-0.1, -0.05) is 31.1 Å². The summed E-state index contributed by atoms with van der Waals surface area (Å²) >= 11 is 0. The van der Waals surface area contributed by atoms with Crippen molar-refractivity contribution >= 4 is 12.4 Å². The highest BCUT2D eigenvalue weighted by Crippen LogP contribution is 2.23. The third kappa shape index (κ3) is 4.08. The Morgan fingerprint density at radius 3 is 2.58 bits per heavy atom. The van der Waals surface area contributed by atoms with E-state index < -0.39 is 0 Å². The van der Waals surface area contributed by atoms with Crippen LogP contribution >= 0.6 is 12.4 Å². The summed E-state index contributed by atoms with van der Waals surface area (Å²) in [6, 6.07) is 6.67. The Morgan fingerprint density at radius 2 is 1.92 bits per heavy atom. The van der Waals surface area contributed by atoms with E-state index in [4.69, 9.17) is 4.52 Å². The van der Waals surface area contributed by atoms with E-state index >= 15 is 0 Å². The third-order valence-electron chi connectivity index (χ3n) is 3.87. The summed E-state index contributed by atoms with van der Waals surface area (Å²) in [5, 5.41) is 11.5. The summed E-state index contributed by atoms with van der Waals surface area (Å²) in [6.45, 7) is 5.97. The molecule has 1 N–H and O–H groups in total. The van der Waals surface area contributed by atoms with Gasteiger partial charge in [0.2, 0.25) is 5.82 Å². The summed E-state index contributed by atoms with van der Waals surface area (Å²) in [6.07, 6.45) is 0.630. The predicted molar refractivity (Wildman–Crippen MR) is 98.2 cm³/mol. The highest BCUT2D eigenvalue weighted by molar-refractivity contribution is 5.85. The lowest BCUT2D eigenvalue weighted by molar-refractivity contribution is 0.415. The topological polar surface area (TPSA) is 81.7 Å². The molecule has 0 amide bonds. The Kier molecular flexibility index (Phi) is 6.44. The van der Waals surface area contributed by atoms with E-state index in [0.717, 1.165) is 0 Å². The molecule has 26 heavy (non-hydrogen) atoms. The molecule has 0 saturated carbocycles. The van der Waals surface area contributed by atoms with Crippen molar-refractivity contribution in [3.05, 3.63) is 41.7 Å². The standard InChI is InChI=1S/C17H21FN6O.ClH/c1-10(2)16-21-15(17-20-14(23-25-17)9-11(3)19-4)22-24(16)13-8-6-5-7-12(13)18;/h5-8,10-11,19H,9H2,1-4H3;1H. The Balaban J connectivity index is 0.00000243. The Hall–Kier alpha value is -2.32. The number of benzene rings is 1. The van der Waals surface area contributed by atoms with Gasteiger partial charge in [-0.2, -0.15) is 4.98 Å². The number of hydrogen-bond acceptors (Lipinski definition) is 6. The number of likely N-dealkylation sites (N-methyl/N-ethyl adjacent to an activating group) is 1. The fourth-order valence-corrected chi connectivity index (χ4v) is 2.39. The summed E-state index contributed by atoms with van der Waals surface area (Å²) in [4.78, 5) is 8.83. The van der Waals surface area contributed by atoms with E-state index in [-0.39, 0.29) is 36.1 Å². The third-order valence-corrected chi connectivity index (χ3v) is 3.87. The van der Waals surface area contributed by atoms with Crippen LogP contribution in [0.15, 0.2) is 28.8 Å². The zero-order valence-electron chi connectivity index (χ0n) is 15.1. The van der Waals surface area contributed by atoms with Crippen LogP contribution in [0.2, 0.25) is 0 Å². The first kappa shape index (κ1) is 20.0. The van der Waals surface area contributed by atoms with Crippen molar-refractivity contribution in [2.45, 2.75) is 39.2 Å². The highest BCUT2D eigenvalue weighted by Gasteiger charge is 2.21. The van der Waals surface area contributed by atoms with Crippen LogP contribution in [0, 0.1) is 5.82 Å². The molecule has 1 atom stereocenters. The van der Waals surface area contributed by atoms with E-state index in [1.807, 2.05) is 27.8 Å². The van der Waals surface area contributed by atoms with Gasteiger partial charge in [-0.15, -0.1) is 17.5 Å². The van der Waals surface area contributed by atoms with E-state index in [9.17, 15) is 4.39 Å². The molecule has 3 rings (SSSR count). The molecule has 0 bridgehead atoms. The van der Waals surface area contributed by atoms with Crippen LogP contribution in [0.1, 0.15) is 38.3 Å². The molecule has 3 aromatic rings. The van der Waals surface area contributed by atoms with Gasteiger partial charge in [-0.05, 0) is 26.1 Å². The molecular formula is C17H22ClFN6O. The minimum Gasteiger partial charge on any atom is -0.330 e. The maximum atomic E-state index is 14.2. The molecule has 0 aliphatic heterocycles. The number of aromatic nitrogens is 5. The van der Waals surface area contributed by atoms with Crippen LogP contribution in [0.5, 0.6) is 0 Å². The molecule has 9 heteroatoms. The molecule has 0 radical (unpaired) electrons. The normalized spacial score (nSPS) is 12.2. The van der Waals surface area contributed by atoms with Gasteiger partial charge in [-0.25, -0.2) is 14.1 Å². The predicted octanol–water partition coefficient (Wildman–Crippen LogP) is 3.15. The monoisotopic (exact) mass is 380 g/mol. The van der Waals surface area contributed by atoms with Crippen LogP contribution in [0.25, 0.3) is 17.4 Å². The zero-order valence-corrected chi connectivity index (χ0v) is 15.9. The van der Waals surface area contributed by atoms with Crippen LogP contribution in [-0.4, -0.2) is 38.0 Å². The molecule has 0 fully saturated rings. The van der Waals surface area contributed by atoms with Crippen LogP contribution in [-0.2, 0) is 6.42 Å². The maximum Gasteiger partial charge on any atom is 0.297 e. The first-order chi connectivity index (χ1) is 12.0. The van der Waals surface area contributed by atoms with Crippen LogP contribution in [0.4, 0.5) is 4.39 Å². The lowest BCUT2D eigenvalue weighted by atomic mass is 10.2. The van der Waals surface area contributed by atoms with Crippen molar-refractivity contribution in [3.63, 3.8) is 0 Å². The molecule has 140 valence electrons. The Morgan fingerprint density at radius 1 is 1.19 bits per heavy atom. The summed E-state index contributed by atoms with van der Waals surface area (Å²) in [7, 11) is 1.87. The van der Waals surface area contributed by atoms with Gasteiger partial charge < -0.3 is 9.84 Å². The lowest BCUT2D eigenvalue weighted by Crippen LogP contribution is -2.24. The quantitative estimate of drug-likeness (QED) is 0.707. The van der Waals surface area contributed by atoms with Crippen molar-refractivity contribution < 1.29 is 8.91 Å². The highest BCUT2D eigenvalue weighted by atomic mass is 35.5. The van der Waals surface area contributed by atoms with Gasteiger partial charge in [0.25, 0.3) is 5.89 Å². The molecule has 2 heterocycles. The average molecular weight is 381 g/mol. The van der Waals surface area contributed by atoms with Crippen LogP contribution in [0.3, 0.4) is 0 Å². The van der Waals surface area contributed by atoms with Crippen molar-refractivity contribution in [1.29, 1.82) is 0 Å². The van der Waals surface area contributed by atoms with E-state index in [1.54, 1.807) is 18.2 Å². The molecule has 1 aromatic carbocycles. The van der Waals surface area contributed by atoms with Crippen molar-refractivity contribution in [3.8, 4) is 17.4 Å². The van der Waals surface area contributed by atoms with Crippen molar-refractivity contribution in [2.24, 2.45) is 0 Å². The second-order valence-corrected chi connectivity index (χ2v) is 6.22. The van der Waals surface area contributed by atoms with Gasteiger partial charge >= 0.3 is 0 Å². The minimum absolute atomic E-state index is 0. The summed E-state index contributed by atoms with van der Waals surface area (Å²) in [5.74, 6) is 1.41. The minimum atomic E-state index is -0.366. The summed E-state index contributed by atoms with van der Waals surface area (Å²) in [5.41, 5.74) is 0.341. The van der Waals surface area contributed by atoms with Crippen LogP contribution < -0.4 is 5.32 Å². The first-order valence-corrected chi connectivity index (χ1v) is 8.21. The smallest absolute Gasteiger partial charge is 0.297 e. The first-order valence-electron chi connectivity index (χ1n) is 8.21. The fourth-order valence-electron chi connectivity index (χ4n) is 2.39. The Bertz CT molecular complexity index is 863. The molecule has 0 saturated heterocycles. The van der Waals surface area contributed by atoms with Gasteiger partial charge in [0.05, 0.1) is 0 Å². The number of hydrogen-bond donors (Lipinski definition) is 1. The van der Waals surface area contributed by atoms with Gasteiger partial charge in [0.15, 0.2) is 5.82 Å². The fraction of sp³-hybridized carbons (Fsp3) is 0.412. The molecule has 0 aliphatic carbocycles. The Labute approximate surface area is 157 Å². The summed E-state index contributed by atoms with van der Waals surface area (Å²) < 4.78 is 21.0.